The normalized spacial score (nSPS) is 31.0. The molecule has 0 saturated heterocycles. The molecule has 0 heterocycles. The van der Waals surface area contributed by atoms with Gasteiger partial charge in [-0.3, -0.25) is 0 Å². The molecule has 0 amide bonds. The van der Waals surface area contributed by atoms with Gasteiger partial charge >= 0.3 is 0 Å². The fraction of sp³-hybridized carbons (Fsp3) is 1.00. The van der Waals surface area contributed by atoms with Gasteiger partial charge in [-0.2, -0.15) is 0 Å². The third-order valence-corrected chi connectivity index (χ3v) is 2.88. The smallest absolute Gasteiger partial charge is 0.0104 e. The first-order valence-corrected chi connectivity index (χ1v) is 5.06. The van der Waals surface area contributed by atoms with Gasteiger partial charge in [0.05, 0.1) is 0 Å². The third kappa shape index (κ3) is 2.76. The van der Waals surface area contributed by atoms with Crippen molar-refractivity contribution < 1.29 is 0 Å². The molecule has 0 aromatic carbocycles. The van der Waals surface area contributed by atoms with E-state index in [1.807, 2.05) is 0 Å². The Morgan fingerprint density at radius 3 is 2.50 bits per heavy atom. The van der Waals surface area contributed by atoms with Crippen molar-refractivity contribution >= 4 is 0 Å². The van der Waals surface area contributed by atoms with Crippen LogP contribution in [-0.4, -0.2) is 38.6 Å². The monoisotopic (exact) mass is 170 g/mol. The minimum Gasteiger partial charge on any atom is -0.317 e. The van der Waals surface area contributed by atoms with Gasteiger partial charge in [-0.05, 0) is 39.9 Å². The van der Waals surface area contributed by atoms with E-state index in [0.29, 0.717) is 0 Å². The lowest BCUT2D eigenvalue weighted by molar-refractivity contribution is 0.214. The van der Waals surface area contributed by atoms with E-state index in [2.05, 4.69) is 31.4 Å². The zero-order chi connectivity index (χ0) is 8.97. The van der Waals surface area contributed by atoms with E-state index in [1.165, 1.54) is 32.2 Å². The molecule has 0 aromatic rings. The summed E-state index contributed by atoms with van der Waals surface area (Å²) in [6.07, 6.45) is 5.62. The predicted octanol–water partition coefficient (Wildman–Crippen LogP) is 1.33. The molecule has 0 spiro atoms. The van der Waals surface area contributed by atoms with Gasteiger partial charge < -0.3 is 10.2 Å². The van der Waals surface area contributed by atoms with Crippen molar-refractivity contribution in [2.24, 2.45) is 5.92 Å². The van der Waals surface area contributed by atoms with Gasteiger partial charge in [0.25, 0.3) is 0 Å². The van der Waals surface area contributed by atoms with Gasteiger partial charge in [0.15, 0.2) is 0 Å². The van der Waals surface area contributed by atoms with Crippen molar-refractivity contribution in [1.29, 1.82) is 0 Å². The maximum Gasteiger partial charge on any atom is 0.0104 e. The predicted molar refractivity (Wildman–Crippen MR) is 53.4 cm³/mol. The van der Waals surface area contributed by atoms with Crippen LogP contribution in [0.4, 0.5) is 0 Å². The van der Waals surface area contributed by atoms with Crippen LogP contribution in [0.3, 0.4) is 0 Å². The van der Waals surface area contributed by atoms with Crippen LogP contribution >= 0.6 is 0 Å². The molecule has 2 nitrogen and oxygen atoms in total. The summed E-state index contributed by atoms with van der Waals surface area (Å²) in [6, 6.07) is 0.765. The largest absolute Gasteiger partial charge is 0.317 e. The van der Waals surface area contributed by atoms with Gasteiger partial charge in [0, 0.05) is 12.6 Å². The molecule has 1 aliphatic carbocycles. The van der Waals surface area contributed by atoms with E-state index >= 15 is 0 Å². The first kappa shape index (κ1) is 10.0. The molecule has 0 bridgehead atoms. The van der Waals surface area contributed by atoms with Crippen LogP contribution < -0.4 is 5.32 Å². The van der Waals surface area contributed by atoms with E-state index in [9.17, 15) is 0 Å². The summed E-state index contributed by atoms with van der Waals surface area (Å²) in [5.74, 6) is 0.874. The van der Waals surface area contributed by atoms with Crippen LogP contribution in [0.1, 0.15) is 25.7 Å². The zero-order valence-electron chi connectivity index (χ0n) is 8.64. The van der Waals surface area contributed by atoms with E-state index in [0.717, 1.165) is 12.0 Å². The Labute approximate surface area is 76.3 Å². The molecule has 1 N–H and O–H groups in total. The number of nitrogens with one attached hydrogen (secondary N) is 1. The van der Waals surface area contributed by atoms with Gasteiger partial charge in [0.1, 0.15) is 0 Å². The standard InChI is InChI=1S/C10H22N2/c1-11-10-7-5-4-6-9(10)8-12(2)3/h9-11H,4-8H2,1-3H3. The summed E-state index contributed by atoms with van der Waals surface area (Å²) in [6.45, 7) is 1.24. The van der Waals surface area contributed by atoms with E-state index in [4.69, 9.17) is 0 Å². The average Bonchev–Trinajstić information content (AvgIpc) is 2.04. The summed E-state index contributed by atoms with van der Waals surface area (Å²) in [5, 5.41) is 3.43. The Morgan fingerprint density at radius 1 is 1.25 bits per heavy atom. The van der Waals surface area contributed by atoms with Crippen molar-refractivity contribution in [1.82, 2.24) is 10.2 Å². The minimum atomic E-state index is 0.765. The Bertz CT molecular complexity index is 123. The fourth-order valence-corrected chi connectivity index (χ4v) is 2.28. The molecule has 1 rings (SSSR count). The molecule has 0 aromatic heterocycles. The second-order valence-electron chi connectivity index (χ2n) is 4.20. The quantitative estimate of drug-likeness (QED) is 0.687. The van der Waals surface area contributed by atoms with Crippen molar-refractivity contribution in [2.75, 3.05) is 27.7 Å². The number of hydrogen-bond acceptors (Lipinski definition) is 2. The molecule has 2 unspecified atom stereocenters. The molecule has 72 valence electrons. The molecule has 2 heteroatoms. The Hall–Kier alpha value is -0.0800. The lowest BCUT2D eigenvalue weighted by atomic mass is 9.84. The second-order valence-corrected chi connectivity index (χ2v) is 4.20. The molecule has 1 aliphatic rings. The van der Waals surface area contributed by atoms with Crippen molar-refractivity contribution in [3.8, 4) is 0 Å². The zero-order valence-corrected chi connectivity index (χ0v) is 8.64. The van der Waals surface area contributed by atoms with Gasteiger partial charge in [-0.15, -0.1) is 0 Å². The summed E-state index contributed by atoms with van der Waals surface area (Å²) in [7, 11) is 6.43. The highest BCUT2D eigenvalue weighted by molar-refractivity contribution is 4.80. The van der Waals surface area contributed by atoms with Gasteiger partial charge in [-0.25, -0.2) is 0 Å². The summed E-state index contributed by atoms with van der Waals surface area (Å²) in [5.41, 5.74) is 0. The summed E-state index contributed by atoms with van der Waals surface area (Å²) >= 11 is 0. The topological polar surface area (TPSA) is 15.3 Å². The molecular formula is C10H22N2. The molecule has 1 saturated carbocycles. The van der Waals surface area contributed by atoms with Crippen LogP contribution in [0.25, 0.3) is 0 Å². The lowest BCUT2D eigenvalue weighted by Crippen LogP contribution is -2.41. The maximum absolute atomic E-state index is 3.43. The average molecular weight is 170 g/mol. The van der Waals surface area contributed by atoms with E-state index in [-0.39, 0.29) is 0 Å². The Kier molecular flexibility index (Phi) is 4.02. The SMILES string of the molecule is CNC1CCCCC1CN(C)C. The van der Waals surface area contributed by atoms with Crippen molar-refractivity contribution in [2.45, 2.75) is 31.7 Å². The Morgan fingerprint density at radius 2 is 1.92 bits per heavy atom. The van der Waals surface area contributed by atoms with Crippen LogP contribution in [0.15, 0.2) is 0 Å². The minimum absolute atomic E-state index is 0.765. The Balaban J connectivity index is 2.36. The number of rotatable bonds is 3. The molecule has 1 fully saturated rings. The van der Waals surface area contributed by atoms with Crippen molar-refractivity contribution in [3.63, 3.8) is 0 Å². The van der Waals surface area contributed by atoms with Crippen LogP contribution in [0, 0.1) is 5.92 Å². The highest BCUT2D eigenvalue weighted by atomic mass is 15.1. The van der Waals surface area contributed by atoms with Gasteiger partial charge in [0.2, 0.25) is 0 Å². The first-order valence-electron chi connectivity index (χ1n) is 5.06. The van der Waals surface area contributed by atoms with Crippen molar-refractivity contribution in [3.05, 3.63) is 0 Å². The van der Waals surface area contributed by atoms with E-state index in [1.54, 1.807) is 0 Å². The molecular weight excluding hydrogens is 148 g/mol. The fourth-order valence-electron chi connectivity index (χ4n) is 2.28. The first-order chi connectivity index (χ1) is 5.74. The molecule has 12 heavy (non-hydrogen) atoms. The van der Waals surface area contributed by atoms with Gasteiger partial charge in [-0.1, -0.05) is 12.8 Å². The molecule has 0 aliphatic heterocycles. The summed E-state index contributed by atoms with van der Waals surface area (Å²) in [4.78, 5) is 2.31. The highest BCUT2D eigenvalue weighted by Crippen LogP contribution is 2.24. The number of nitrogens with zero attached hydrogens (tertiary/aromatic N) is 1. The van der Waals surface area contributed by atoms with Crippen LogP contribution in [0.5, 0.6) is 0 Å². The molecule has 2 atom stereocenters. The van der Waals surface area contributed by atoms with E-state index < -0.39 is 0 Å². The maximum atomic E-state index is 3.43. The third-order valence-electron chi connectivity index (χ3n) is 2.88. The second kappa shape index (κ2) is 4.83. The van der Waals surface area contributed by atoms with Crippen LogP contribution in [-0.2, 0) is 0 Å². The number of hydrogen-bond donors (Lipinski definition) is 1. The lowest BCUT2D eigenvalue weighted by Gasteiger charge is -2.33. The van der Waals surface area contributed by atoms with Crippen LogP contribution in [0.2, 0.25) is 0 Å². The summed E-state index contributed by atoms with van der Waals surface area (Å²) < 4.78 is 0. The highest BCUT2D eigenvalue weighted by Gasteiger charge is 2.23. The molecule has 0 radical (unpaired) electrons.